The van der Waals surface area contributed by atoms with Crippen LogP contribution in [0.3, 0.4) is 0 Å². The molecule has 0 aromatic heterocycles. The van der Waals surface area contributed by atoms with Crippen LogP contribution in [0.25, 0.3) is 0 Å². The molecule has 7 heteroatoms. The molecule has 1 fully saturated rings. The molecule has 1 heterocycles. The maximum atomic E-state index is 13.6. The Hall–Kier alpha value is -4.13. The predicted molar refractivity (Wildman–Crippen MR) is 130 cm³/mol. The number of nitrogens with one attached hydrogen (secondary N) is 2. The van der Waals surface area contributed by atoms with Crippen molar-refractivity contribution in [1.82, 2.24) is 10.2 Å². The Balaban J connectivity index is 1.57. The summed E-state index contributed by atoms with van der Waals surface area (Å²) in [6, 6.07) is 23.9. The van der Waals surface area contributed by atoms with Gasteiger partial charge in [0.25, 0.3) is 5.91 Å². The number of hydrogen-bond donors (Lipinski definition) is 2. The van der Waals surface area contributed by atoms with Crippen LogP contribution in [-0.2, 0) is 22.4 Å². The second-order valence-electron chi connectivity index (χ2n) is 8.48. The average molecular weight is 458 g/mol. The number of carbonyl (C=O) groups is 3. The summed E-state index contributed by atoms with van der Waals surface area (Å²) < 4.78 is 5.30. The van der Waals surface area contributed by atoms with E-state index in [1.54, 1.807) is 12.1 Å². The lowest BCUT2D eigenvalue weighted by Gasteiger charge is -2.27. The summed E-state index contributed by atoms with van der Waals surface area (Å²) in [5.41, 5.74) is 2.09. The van der Waals surface area contributed by atoms with Crippen molar-refractivity contribution in [2.75, 3.05) is 19.0 Å². The first-order valence-corrected chi connectivity index (χ1v) is 11.1. The average Bonchev–Trinajstić information content (AvgIpc) is 3.04. The smallest absolute Gasteiger partial charge is 0.325 e. The topological polar surface area (TPSA) is 87.7 Å². The number of methoxy groups -OCH3 is 1. The summed E-state index contributed by atoms with van der Waals surface area (Å²) >= 11 is 0. The van der Waals surface area contributed by atoms with Gasteiger partial charge < -0.3 is 15.4 Å². The SMILES string of the molecule is COc1ccc(C)cc1NC(=O)CN1C(=O)NC(Cc2ccccc2)(Cc2ccccc2)C1=O. The Morgan fingerprint density at radius 2 is 1.53 bits per heavy atom. The molecule has 2 N–H and O–H groups in total. The lowest BCUT2D eigenvalue weighted by molar-refractivity contribution is -0.133. The van der Waals surface area contributed by atoms with Gasteiger partial charge in [-0.25, -0.2) is 4.79 Å². The number of amides is 4. The van der Waals surface area contributed by atoms with E-state index in [4.69, 9.17) is 4.74 Å². The molecule has 174 valence electrons. The fourth-order valence-corrected chi connectivity index (χ4v) is 4.26. The number of benzene rings is 3. The van der Waals surface area contributed by atoms with Gasteiger partial charge in [0, 0.05) is 12.8 Å². The zero-order valence-corrected chi connectivity index (χ0v) is 19.2. The molecule has 0 radical (unpaired) electrons. The Morgan fingerprint density at radius 1 is 0.941 bits per heavy atom. The number of aryl methyl sites for hydroxylation is 1. The van der Waals surface area contributed by atoms with E-state index in [1.807, 2.05) is 73.7 Å². The number of hydrogen-bond acceptors (Lipinski definition) is 4. The van der Waals surface area contributed by atoms with Gasteiger partial charge in [0.15, 0.2) is 0 Å². The van der Waals surface area contributed by atoms with Crippen molar-refractivity contribution in [2.24, 2.45) is 0 Å². The molecule has 0 saturated carbocycles. The Kier molecular flexibility index (Phi) is 6.63. The highest BCUT2D eigenvalue weighted by Gasteiger charge is 2.51. The molecule has 3 aromatic rings. The van der Waals surface area contributed by atoms with E-state index in [9.17, 15) is 14.4 Å². The maximum absolute atomic E-state index is 13.6. The molecule has 1 aliphatic heterocycles. The minimum absolute atomic E-state index is 0.317. The molecular formula is C27H27N3O4. The highest BCUT2D eigenvalue weighted by molar-refractivity contribution is 6.10. The molecule has 0 unspecified atom stereocenters. The third-order valence-corrected chi connectivity index (χ3v) is 5.87. The second-order valence-corrected chi connectivity index (χ2v) is 8.48. The van der Waals surface area contributed by atoms with Crippen LogP contribution in [0.5, 0.6) is 5.75 Å². The van der Waals surface area contributed by atoms with E-state index in [1.165, 1.54) is 7.11 Å². The number of rotatable bonds is 8. The van der Waals surface area contributed by atoms with Crippen LogP contribution in [0.2, 0.25) is 0 Å². The molecule has 4 rings (SSSR count). The van der Waals surface area contributed by atoms with Gasteiger partial charge in [0.2, 0.25) is 5.91 Å². The zero-order valence-electron chi connectivity index (χ0n) is 19.2. The Bertz CT molecular complexity index is 1150. The van der Waals surface area contributed by atoms with Gasteiger partial charge in [-0.15, -0.1) is 0 Å². The van der Waals surface area contributed by atoms with Crippen LogP contribution in [0, 0.1) is 6.92 Å². The first kappa shape index (κ1) is 23.0. The molecule has 3 aromatic carbocycles. The van der Waals surface area contributed by atoms with Crippen LogP contribution in [0.15, 0.2) is 78.9 Å². The highest BCUT2D eigenvalue weighted by Crippen LogP contribution is 2.28. The maximum Gasteiger partial charge on any atom is 0.325 e. The van der Waals surface area contributed by atoms with Crippen LogP contribution < -0.4 is 15.4 Å². The molecule has 1 saturated heterocycles. The fraction of sp³-hybridized carbons (Fsp3) is 0.222. The van der Waals surface area contributed by atoms with Gasteiger partial charge in [0.1, 0.15) is 17.8 Å². The van der Waals surface area contributed by atoms with Gasteiger partial charge in [0.05, 0.1) is 12.8 Å². The second kappa shape index (κ2) is 9.79. The van der Waals surface area contributed by atoms with Crippen molar-refractivity contribution >= 4 is 23.5 Å². The van der Waals surface area contributed by atoms with Crippen LogP contribution in [0.1, 0.15) is 16.7 Å². The molecule has 7 nitrogen and oxygen atoms in total. The largest absolute Gasteiger partial charge is 0.495 e. The number of nitrogens with zero attached hydrogens (tertiary/aromatic N) is 1. The summed E-state index contributed by atoms with van der Waals surface area (Å²) in [6.07, 6.45) is 0.633. The van der Waals surface area contributed by atoms with E-state index in [0.29, 0.717) is 24.3 Å². The molecule has 0 atom stereocenters. The zero-order chi connectivity index (χ0) is 24.1. The number of urea groups is 1. The van der Waals surface area contributed by atoms with Crippen molar-refractivity contribution < 1.29 is 19.1 Å². The van der Waals surface area contributed by atoms with Gasteiger partial charge in [-0.2, -0.15) is 0 Å². The molecule has 4 amide bonds. The van der Waals surface area contributed by atoms with Crippen LogP contribution in [-0.4, -0.2) is 41.9 Å². The molecule has 34 heavy (non-hydrogen) atoms. The minimum Gasteiger partial charge on any atom is -0.495 e. The van der Waals surface area contributed by atoms with E-state index >= 15 is 0 Å². The minimum atomic E-state index is -1.18. The fourth-order valence-electron chi connectivity index (χ4n) is 4.26. The molecule has 0 bridgehead atoms. The summed E-state index contributed by atoms with van der Waals surface area (Å²) in [6.45, 7) is 1.50. The van der Waals surface area contributed by atoms with Crippen molar-refractivity contribution in [3.05, 3.63) is 95.6 Å². The third kappa shape index (κ3) is 4.93. The quantitative estimate of drug-likeness (QED) is 0.505. The van der Waals surface area contributed by atoms with Gasteiger partial charge in [-0.3, -0.25) is 14.5 Å². The molecule has 1 aliphatic rings. The summed E-state index contributed by atoms with van der Waals surface area (Å²) in [4.78, 5) is 40.4. The van der Waals surface area contributed by atoms with Gasteiger partial charge >= 0.3 is 6.03 Å². The molecule has 0 spiro atoms. The summed E-state index contributed by atoms with van der Waals surface area (Å²) in [5.74, 6) is -0.405. The molecule has 0 aliphatic carbocycles. The Morgan fingerprint density at radius 3 is 2.09 bits per heavy atom. The lowest BCUT2D eigenvalue weighted by Crippen LogP contribution is -2.51. The van der Waals surface area contributed by atoms with Gasteiger partial charge in [-0.1, -0.05) is 66.7 Å². The van der Waals surface area contributed by atoms with Crippen LogP contribution in [0.4, 0.5) is 10.5 Å². The lowest BCUT2D eigenvalue weighted by atomic mass is 9.84. The first-order valence-electron chi connectivity index (χ1n) is 11.1. The van der Waals surface area contributed by atoms with E-state index in [2.05, 4.69) is 10.6 Å². The summed E-state index contributed by atoms with van der Waals surface area (Å²) in [5, 5.41) is 5.66. The van der Waals surface area contributed by atoms with Crippen molar-refractivity contribution in [3.8, 4) is 5.75 Å². The highest BCUT2D eigenvalue weighted by atomic mass is 16.5. The van der Waals surface area contributed by atoms with E-state index in [-0.39, 0.29) is 0 Å². The summed E-state index contributed by atoms with van der Waals surface area (Å²) in [7, 11) is 1.51. The number of ether oxygens (including phenoxy) is 1. The monoisotopic (exact) mass is 457 g/mol. The number of anilines is 1. The van der Waals surface area contributed by atoms with Gasteiger partial charge in [-0.05, 0) is 35.7 Å². The Labute approximate surface area is 198 Å². The van der Waals surface area contributed by atoms with Crippen LogP contribution >= 0.6 is 0 Å². The third-order valence-electron chi connectivity index (χ3n) is 5.87. The van der Waals surface area contributed by atoms with Crippen molar-refractivity contribution in [2.45, 2.75) is 25.3 Å². The number of carbonyl (C=O) groups excluding carboxylic acids is 3. The van der Waals surface area contributed by atoms with Crippen molar-refractivity contribution in [3.63, 3.8) is 0 Å². The number of imide groups is 1. The predicted octanol–water partition coefficient (Wildman–Crippen LogP) is 3.72. The van der Waals surface area contributed by atoms with Crippen molar-refractivity contribution in [1.29, 1.82) is 0 Å². The normalized spacial score (nSPS) is 14.6. The molecular weight excluding hydrogens is 430 g/mol. The first-order chi connectivity index (χ1) is 16.4. The standard InChI is InChI=1S/C27H27N3O4/c1-19-13-14-23(34-2)22(15-19)28-24(31)18-30-25(32)27(29-26(30)33,16-20-9-5-3-6-10-20)17-21-11-7-4-8-12-21/h3-15H,16-18H2,1-2H3,(H,28,31)(H,29,33). The van der Waals surface area contributed by atoms with E-state index in [0.717, 1.165) is 21.6 Å². The van der Waals surface area contributed by atoms with E-state index < -0.39 is 29.9 Å².